The van der Waals surface area contributed by atoms with Crippen molar-refractivity contribution < 1.29 is 4.42 Å². The molecule has 1 heterocycles. The second-order valence-electron chi connectivity index (χ2n) is 13.7. The van der Waals surface area contributed by atoms with Crippen LogP contribution in [0.3, 0.4) is 0 Å². The van der Waals surface area contributed by atoms with Crippen molar-refractivity contribution in [2.24, 2.45) is 0 Å². The number of rotatable bonds is 7. The van der Waals surface area contributed by atoms with E-state index in [0.717, 1.165) is 44.6 Å². The van der Waals surface area contributed by atoms with E-state index in [1.807, 2.05) is 0 Å². The summed E-state index contributed by atoms with van der Waals surface area (Å²) in [7, 11) is 0. The highest BCUT2D eigenvalue weighted by Crippen LogP contribution is 2.46. The summed E-state index contributed by atoms with van der Waals surface area (Å²) in [5, 5.41) is 4.69. The Hall–Kier alpha value is -7.16. The van der Waals surface area contributed by atoms with Gasteiger partial charge in [-0.15, -0.1) is 0 Å². The Morgan fingerprint density at radius 2 is 0.870 bits per heavy atom. The minimum Gasteiger partial charge on any atom is -0.454 e. The Kier molecular flexibility index (Phi) is 7.85. The van der Waals surface area contributed by atoms with Crippen molar-refractivity contribution in [3.05, 3.63) is 212 Å². The van der Waals surface area contributed by atoms with Gasteiger partial charge in [-0.25, -0.2) is 0 Å². The minimum atomic E-state index is 0.849. The fourth-order valence-corrected chi connectivity index (χ4v) is 7.96. The van der Waals surface area contributed by atoms with Gasteiger partial charge in [0.25, 0.3) is 0 Å². The van der Waals surface area contributed by atoms with Crippen LogP contribution in [0.1, 0.15) is 0 Å². The van der Waals surface area contributed by atoms with Crippen LogP contribution in [0.15, 0.2) is 217 Å². The lowest BCUT2D eigenvalue weighted by atomic mass is 9.93. The Bertz CT molecular complexity index is 2910. The fourth-order valence-electron chi connectivity index (χ4n) is 7.96. The topological polar surface area (TPSA) is 16.4 Å². The van der Waals surface area contributed by atoms with E-state index in [1.165, 1.54) is 49.7 Å². The smallest absolute Gasteiger partial charge is 0.159 e. The number of hydrogen-bond acceptors (Lipinski definition) is 2. The fraction of sp³-hybridized carbons (Fsp3) is 0. The van der Waals surface area contributed by atoms with Gasteiger partial charge in [0.1, 0.15) is 5.58 Å². The zero-order valence-electron chi connectivity index (χ0n) is 29.6. The highest BCUT2D eigenvalue weighted by molar-refractivity contribution is 6.16. The first kappa shape index (κ1) is 31.6. The van der Waals surface area contributed by atoms with E-state index in [-0.39, 0.29) is 0 Å². The van der Waals surface area contributed by atoms with Gasteiger partial charge in [-0.1, -0.05) is 176 Å². The second-order valence-corrected chi connectivity index (χ2v) is 13.7. The van der Waals surface area contributed by atoms with Crippen molar-refractivity contribution >= 4 is 49.8 Å². The predicted molar refractivity (Wildman–Crippen MR) is 228 cm³/mol. The van der Waals surface area contributed by atoms with E-state index >= 15 is 0 Å². The first-order valence-electron chi connectivity index (χ1n) is 18.4. The van der Waals surface area contributed by atoms with Crippen molar-refractivity contribution in [2.45, 2.75) is 0 Å². The number of fused-ring (bicyclic) bond motifs is 4. The molecule has 2 nitrogen and oxygen atoms in total. The number of hydrogen-bond donors (Lipinski definition) is 0. The molecule has 0 unspecified atom stereocenters. The Labute approximate surface area is 314 Å². The van der Waals surface area contributed by atoms with Crippen LogP contribution in [-0.2, 0) is 0 Å². The van der Waals surface area contributed by atoms with Crippen LogP contribution < -0.4 is 4.90 Å². The molecule has 10 rings (SSSR count). The van der Waals surface area contributed by atoms with Crippen LogP contribution in [0.5, 0.6) is 0 Å². The highest BCUT2D eigenvalue weighted by atomic mass is 16.3. The molecule has 54 heavy (non-hydrogen) atoms. The van der Waals surface area contributed by atoms with E-state index < -0.39 is 0 Å². The third-order valence-electron chi connectivity index (χ3n) is 10.5. The summed E-state index contributed by atoms with van der Waals surface area (Å²) in [4.78, 5) is 2.35. The van der Waals surface area contributed by atoms with Gasteiger partial charge in [-0.2, -0.15) is 0 Å². The molecule has 0 aliphatic heterocycles. The van der Waals surface area contributed by atoms with Crippen LogP contribution in [-0.4, -0.2) is 0 Å². The maximum atomic E-state index is 6.88. The van der Waals surface area contributed by atoms with Crippen LogP contribution >= 0.6 is 0 Å². The molecule has 0 atom stereocenters. The van der Waals surface area contributed by atoms with Gasteiger partial charge in [-0.05, 0) is 91.7 Å². The third-order valence-corrected chi connectivity index (χ3v) is 10.5. The number of furan rings is 1. The molecular formula is C52H35NO. The first-order chi connectivity index (χ1) is 26.8. The Morgan fingerprint density at radius 3 is 1.61 bits per heavy atom. The molecule has 0 bridgehead atoms. The predicted octanol–water partition coefficient (Wildman–Crippen LogP) is 14.9. The van der Waals surface area contributed by atoms with E-state index in [9.17, 15) is 0 Å². The van der Waals surface area contributed by atoms with Crippen molar-refractivity contribution in [1.82, 2.24) is 0 Å². The maximum Gasteiger partial charge on any atom is 0.159 e. The molecule has 254 valence electrons. The van der Waals surface area contributed by atoms with Gasteiger partial charge < -0.3 is 9.32 Å². The van der Waals surface area contributed by atoms with Gasteiger partial charge >= 0.3 is 0 Å². The average molecular weight is 690 g/mol. The van der Waals surface area contributed by atoms with E-state index in [0.29, 0.717) is 0 Å². The van der Waals surface area contributed by atoms with E-state index in [1.54, 1.807) is 0 Å². The quantitative estimate of drug-likeness (QED) is 0.166. The van der Waals surface area contributed by atoms with Crippen LogP contribution in [0.4, 0.5) is 17.1 Å². The van der Waals surface area contributed by atoms with E-state index in [4.69, 9.17) is 4.42 Å². The lowest BCUT2D eigenvalue weighted by molar-refractivity contribution is 0.669. The molecule has 0 spiro atoms. The summed E-state index contributed by atoms with van der Waals surface area (Å²) in [5.41, 5.74) is 14.2. The molecule has 0 aliphatic carbocycles. The molecule has 2 heteroatoms. The van der Waals surface area contributed by atoms with Gasteiger partial charge in [0.05, 0.1) is 5.69 Å². The average Bonchev–Trinajstić information content (AvgIpc) is 3.65. The molecule has 0 amide bonds. The highest BCUT2D eigenvalue weighted by Gasteiger charge is 2.22. The SMILES string of the molecule is c1ccc(-c2ccc(N(c3ccc(-c4cccc5ccccc45)cc3)c3cccc4c3oc3cccc(-c5ccccc5)c34)cc2-c2ccccc2)cc1. The van der Waals surface area contributed by atoms with Gasteiger partial charge in [0.2, 0.25) is 0 Å². The molecule has 0 saturated carbocycles. The lowest BCUT2D eigenvalue weighted by Gasteiger charge is -2.27. The molecule has 0 fully saturated rings. The third kappa shape index (κ3) is 5.53. The molecule has 0 aliphatic rings. The van der Waals surface area contributed by atoms with Crippen molar-refractivity contribution in [2.75, 3.05) is 4.90 Å². The molecule has 1 aromatic heterocycles. The second kappa shape index (κ2) is 13.4. The molecule has 0 radical (unpaired) electrons. The molecule has 9 aromatic carbocycles. The van der Waals surface area contributed by atoms with Crippen molar-refractivity contribution in [3.8, 4) is 44.5 Å². The Balaban J connectivity index is 1.20. The number of anilines is 3. The van der Waals surface area contributed by atoms with Gasteiger partial charge in [0.15, 0.2) is 5.58 Å². The summed E-state index contributed by atoms with van der Waals surface area (Å²) >= 11 is 0. The molecule has 10 aromatic rings. The zero-order valence-corrected chi connectivity index (χ0v) is 29.6. The summed E-state index contributed by atoms with van der Waals surface area (Å²) < 4.78 is 6.88. The monoisotopic (exact) mass is 689 g/mol. The molecule has 0 saturated heterocycles. The zero-order chi connectivity index (χ0) is 35.8. The Morgan fingerprint density at radius 1 is 0.333 bits per heavy atom. The van der Waals surface area contributed by atoms with Crippen molar-refractivity contribution in [3.63, 3.8) is 0 Å². The van der Waals surface area contributed by atoms with Crippen LogP contribution in [0.25, 0.3) is 77.2 Å². The van der Waals surface area contributed by atoms with Gasteiger partial charge in [-0.3, -0.25) is 0 Å². The number of benzene rings is 9. The standard InChI is InChI=1S/C52H35NO/c1-4-15-36(16-5-1)45-34-33-42(35-48(45)39-19-8-3-9-20-39)53(41-31-29-40(30-32-41)44-24-12-22-37-21-10-11-23-43(37)44)49-27-13-26-47-51-46(38-17-6-2-7-18-38)25-14-28-50(51)54-52(47)49/h1-35H. The normalized spacial score (nSPS) is 11.3. The van der Waals surface area contributed by atoms with Crippen LogP contribution in [0.2, 0.25) is 0 Å². The maximum absolute atomic E-state index is 6.88. The summed E-state index contributed by atoms with van der Waals surface area (Å²) in [6.45, 7) is 0. The summed E-state index contributed by atoms with van der Waals surface area (Å²) in [6.07, 6.45) is 0. The first-order valence-corrected chi connectivity index (χ1v) is 18.4. The molecule has 0 N–H and O–H groups in total. The van der Waals surface area contributed by atoms with Crippen molar-refractivity contribution in [1.29, 1.82) is 0 Å². The largest absolute Gasteiger partial charge is 0.454 e. The molecular weight excluding hydrogens is 655 g/mol. The van der Waals surface area contributed by atoms with Crippen LogP contribution in [0, 0.1) is 0 Å². The summed E-state index contributed by atoms with van der Waals surface area (Å²) in [6, 6.07) is 75.7. The minimum absolute atomic E-state index is 0.849. The van der Waals surface area contributed by atoms with E-state index in [2.05, 4.69) is 217 Å². The number of para-hydroxylation sites is 1. The summed E-state index contributed by atoms with van der Waals surface area (Å²) in [5.74, 6) is 0. The lowest BCUT2D eigenvalue weighted by Crippen LogP contribution is -2.10. The van der Waals surface area contributed by atoms with Gasteiger partial charge in [0, 0.05) is 22.1 Å². The number of nitrogens with zero attached hydrogens (tertiary/aromatic N) is 1.